The highest BCUT2D eigenvalue weighted by Crippen LogP contribution is 2.21. The Bertz CT molecular complexity index is 697. The minimum atomic E-state index is -3.57. The zero-order valence-corrected chi connectivity index (χ0v) is 13.1. The van der Waals surface area contributed by atoms with Gasteiger partial charge >= 0.3 is 0 Å². The number of para-hydroxylation sites is 1. The van der Waals surface area contributed by atoms with E-state index in [1.165, 1.54) is 0 Å². The summed E-state index contributed by atoms with van der Waals surface area (Å²) in [4.78, 5) is 0.349. The quantitative estimate of drug-likeness (QED) is 0.863. The number of rotatable bonds is 6. The molecule has 0 unspecified atom stereocenters. The van der Waals surface area contributed by atoms with Gasteiger partial charge in [0.25, 0.3) is 10.0 Å². The third-order valence-corrected chi connectivity index (χ3v) is 4.67. The van der Waals surface area contributed by atoms with Crippen molar-refractivity contribution in [3.05, 3.63) is 59.7 Å². The van der Waals surface area contributed by atoms with Gasteiger partial charge in [0.2, 0.25) is 0 Å². The van der Waals surface area contributed by atoms with E-state index in [4.69, 9.17) is 0 Å². The maximum Gasteiger partial charge on any atom is 0.262 e. The largest absolute Gasteiger partial charge is 0.316 e. The van der Waals surface area contributed by atoms with Crippen molar-refractivity contribution in [1.29, 1.82) is 0 Å². The van der Waals surface area contributed by atoms with Gasteiger partial charge in [-0.3, -0.25) is 4.72 Å². The maximum absolute atomic E-state index is 12.6. The second kappa shape index (κ2) is 6.74. The van der Waals surface area contributed by atoms with Crippen LogP contribution in [0.5, 0.6) is 0 Å². The summed E-state index contributed by atoms with van der Waals surface area (Å²) in [6.45, 7) is 2.59. The van der Waals surface area contributed by atoms with Crippen LogP contribution in [0, 0.1) is 0 Å². The highest BCUT2D eigenvalue weighted by Gasteiger charge is 2.18. The van der Waals surface area contributed by atoms with Gasteiger partial charge in [-0.2, -0.15) is 0 Å². The Hall–Kier alpha value is -1.85. The molecule has 0 aliphatic carbocycles. The van der Waals surface area contributed by atoms with Gasteiger partial charge in [0.1, 0.15) is 0 Å². The van der Waals surface area contributed by atoms with Crippen molar-refractivity contribution in [2.75, 3.05) is 11.8 Å². The lowest BCUT2D eigenvalue weighted by Gasteiger charge is -2.13. The zero-order chi connectivity index (χ0) is 15.3. The number of sulfonamides is 1. The monoisotopic (exact) mass is 304 g/mol. The summed E-state index contributed by atoms with van der Waals surface area (Å²) in [6.07, 6.45) is 0.671. The predicted molar refractivity (Wildman–Crippen MR) is 85.8 cm³/mol. The second-order valence-electron chi connectivity index (χ2n) is 4.80. The zero-order valence-electron chi connectivity index (χ0n) is 12.3. The second-order valence-corrected chi connectivity index (χ2v) is 6.45. The molecule has 0 amide bonds. The number of anilines is 1. The molecule has 0 aliphatic rings. The van der Waals surface area contributed by atoms with Crippen LogP contribution in [0.2, 0.25) is 0 Å². The SMILES string of the molecule is CCc1ccc(CNC)cc1S(=O)(=O)Nc1ccccc1. The van der Waals surface area contributed by atoms with Gasteiger partial charge < -0.3 is 5.32 Å². The van der Waals surface area contributed by atoms with E-state index in [-0.39, 0.29) is 0 Å². The molecule has 0 saturated heterocycles. The molecule has 2 N–H and O–H groups in total. The highest BCUT2D eigenvalue weighted by atomic mass is 32.2. The number of aryl methyl sites for hydroxylation is 1. The molecule has 0 radical (unpaired) electrons. The van der Waals surface area contributed by atoms with E-state index in [1.54, 1.807) is 30.3 Å². The van der Waals surface area contributed by atoms with Crippen LogP contribution in [0.25, 0.3) is 0 Å². The first-order valence-corrected chi connectivity index (χ1v) is 8.39. The third kappa shape index (κ3) is 3.83. The molecule has 0 spiro atoms. The first-order valence-electron chi connectivity index (χ1n) is 6.91. The number of hydrogen-bond donors (Lipinski definition) is 2. The Kier molecular flexibility index (Phi) is 4.98. The molecule has 5 heteroatoms. The van der Waals surface area contributed by atoms with Crippen LogP contribution in [0.4, 0.5) is 5.69 Å². The Labute approximate surface area is 126 Å². The van der Waals surface area contributed by atoms with E-state index in [1.807, 2.05) is 32.2 Å². The standard InChI is InChI=1S/C16H20N2O2S/c1-3-14-10-9-13(12-17-2)11-16(14)21(19,20)18-15-7-5-4-6-8-15/h4-11,17-18H,3,12H2,1-2H3. The summed E-state index contributed by atoms with van der Waals surface area (Å²) < 4.78 is 27.8. The molecule has 2 aromatic carbocycles. The van der Waals surface area contributed by atoms with Crippen molar-refractivity contribution in [2.24, 2.45) is 0 Å². The Morgan fingerprint density at radius 2 is 1.76 bits per heavy atom. The molecule has 0 fully saturated rings. The molecule has 0 heterocycles. The van der Waals surface area contributed by atoms with E-state index < -0.39 is 10.0 Å². The number of nitrogens with one attached hydrogen (secondary N) is 2. The maximum atomic E-state index is 12.6. The minimum absolute atomic E-state index is 0.349. The van der Waals surface area contributed by atoms with Gasteiger partial charge in [-0.1, -0.05) is 37.3 Å². The molecule has 2 aromatic rings. The molecule has 112 valence electrons. The smallest absolute Gasteiger partial charge is 0.262 e. The summed E-state index contributed by atoms with van der Waals surface area (Å²) >= 11 is 0. The summed E-state index contributed by atoms with van der Waals surface area (Å²) in [5, 5.41) is 3.03. The lowest BCUT2D eigenvalue weighted by molar-refractivity contribution is 0.600. The van der Waals surface area contributed by atoms with E-state index >= 15 is 0 Å². The van der Waals surface area contributed by atoms with E-state index in [0.717, 1.165) is 11.1 Å². The van der Waals surface area contributed by atoms with Crippen molar-refractivity contribution in [3.8, 4) is 0 Å². The molecule has 0 atom stereocenters. The predicted octanol–water partition coefficient (Wildman–Crippen LogP) is 2.77. The summed E-state index contributed by atoms with van der Waals surface area (Å²) in [5.74, 6) is 0. The van der Waals surface area contributed by atoms with Crippen molar-refractivity contribution in [2.45, 2.75) is 24.8 Å². The first kappa shape index (κ1) is 15.5. The molecular weight excluding hydrogens is 284 g/mol. The van der Waals surface area contributed by atoms with E-state index in [2.05, 4.69) is 10.0 Å². The molecular formula is C16H20N2O2S. The molecule has 2 rings (SSSR count). The Morgan fingerprint density at radius 3 is 2.38 bits per heavy atom. The fourth-order valence-electron chi connectivity index (χ4n) is 2.17. The molecule has 4 nitrogen and oxygen atoms in total. The topological polar surface area (TPSA) is 58.2 Å². The van der Waals surface area contributed by atoms with Gasteiger partial charge in [0.15, 0.2) is 0 Å². The normalized spacial score (nSPS) is 11.3. The van der Waals surface area contributed by atoms with Gasteiger partial charge in [-0.15, -0.1) is 0 Å². The Morgan fingerprint density at radius 1 is 1.05 bits per heavy atom. The van der Waals surface area contributed by atoms with Crippen LogP contribution in [-0.4, -0.2) is 15.5 Å². The van der Waals surface area contributed by atoms with Crippen LogP contribution in [0.3, 0.4) is 0 Å². The van der Waals surface area contributed by atoms with Crippen molar-refractivity contribution >= 4 is 15.7 Å². The lowest BCUT2D eigenvalue weighted by atomic mass is 10.1. The van der Waals surface area contributed by atoms with Crippen molar-refractivity contribution in [1.82, 2.24) is 5.32 Å². The van der Waals surface area contributed by atoms with Gasteiger partial charge in [0.05, 0.1) is 4.90 Å². The molecule has 0 saturated carbocycles. The van der Waals surface area contributed by atoms with Crippen molar-refractivity contribution in [3.63, 3.8) is 0 Å². The summed E-state index contributed by atoms with van der Waals surface area (Å²) in [6, 6.07) is 14.5. The summed E-state index contributed by atoms with van der Waals surface area (Å²) in [7, 11) is -1.74. The lowest BCUT2D eigenvalue weighted by Crippen LogP contribution is -2.16. The number of benzene rings is 2. The van der Waals surface area contributed by atoms with Crippen LogP contribution < -0.4 is 10.0 Å². The molecule has 21 heavy (non-hydrogen) atoms. The van der Waals surface area contributed by atoms with Crippen LogP contribution in [0.1, 0.15) is 18.1 Å². The minimum Gasteiger partial charge on any atom is -0.316 e. The average molecular weight is 304 g/mol. The van der Waals surface area contributed by atoms with Gasteiger partial charge in [-0.05, 0) is 42.8 Å². The highest BCUT2D eigenvalue weighted by molar-refractivity contribution is 7.92. The van der Waals surface area contributed by atoms with Crippen LogP contribution in [-0.2, 0) is 23.0 Å². The Balaban J connectivity index is 2.40. The molecule has 0 aromatic heterocycles. The van der Waals surface area contributed by atoms with Crippen LogP contribution in [0.15, 0.2) is 53.4 Å². The third-order valence-electron chi connectivity index (χ3n) is 3.21. The first-order chi connectivity index (χ1) is 10.1. The fraction of sp³-hybridized carbons (Fsp3) is 0.250. The van der Waals surface area contributed by atoms with Gasteiger partial charge in [0, 0.05) is 12.2 Å². The van der Waals surface area contributed by atoms with Gasteiger partial charge in [-0.25, -0.2) is 8.42 Å². The average Bonchev–Trinajstić information content (AvgIpc) is 2.48. The van der Waals surface area contributed by atoms with E-state index in [0.29, 0.717) is 23.5 Å². The van der Waals surface area contributed by atoms with Crippen molar-refractivity contribution < 1.29 is 8.42 Å². The summed E-state index contributed by atoms with van der Waals surface area (Å²) in [5.41, 5.74) is 2.33. The van der Waals surface area contributed by atoms with Crippen LogP contribution >= 0.6 is 0 Å². The van der Waals surface area contributed by atoms with E-state index in [9.17, 15) is 8.42 Å². The number of hydrogen-bond acceptors (Lipinski definition) is 3. The fourth-order valence-corrected chi connectivity index (χ4v) is 3.59. The molecule has 0 aliphatic heterocycles. The molecule has 0 bridgehead atoms.